The molecule has 5 aromatic rings. The Morgan fingerprint density at radius 1 is 0.917 bits per heavy atom. The van der Waals surface area contributed by atoms with Crippen LogP contribution >= 0.6 is 0 Å². The van der Waals surface area contributed by atoms with Crippen LogP contribution in [0.3, 0.4) is 0 Å². The topological polar surface area (TPSA) is 42.7 Å². The molecule has 5 nitrogen and oxygen atoms in total. The number of morpholine rings is 1. The van der Waals surface area contributed by atoms with E-state index < -0.39 is 0 Å². The van der Waals surface area contributed by atoms with Crippen molar-refractivity contribution in [3.8, 4) is 22.4 Å². The zero-order chi connectivity index (χ0) is 25.0. The molecule has 0 bridgehead atoms. The molecule has 1 saturated heterocycles. The Hall–Kier alpha value is -3.77. The minimum atomic E-state index is -0.296. The van der Waals surface area contributed by atoms with Gasteiger partial charge in [0.2, 0.25) is 0 Å². The van der Waals surface area contributed by atoms with Gasteiger partial charge in [-0.1, -0.05) is 12.1 Å². The molecule has 6 rings (SSSR count). The van der Waals surface area contributed by atoms with Gasteiger partial charge in [-0.05, 0) is 86.8 Å². The highest BCUT2D eigenvalue weighted by molar-refractivity contribution is 5.95. The highest BCUT2D eigenvalue weighted by atomic mass is 19.1. The fourth-order valence-corrected chi connectivity index (χ4v) is 5.37. The second-order valence-electron chi connectivity index (χ2n) is 9.95. The molecule has 2 aromatic carbocycles. The van der Waals surface area contributed by atoms with Gasteiger partial charge < -0.3 is 9.64 Å². The third-order valence-corrected chi connectivity index (χ3v) is 6.91. The third-order valence-electron chi connectivity index (χ3n) is 6.91. The van der Waals surface area contributed by atoms with Gasteiger partial charge in [0, 0.05) is 41.6 Å². The number of halogens is 1. The van der Waals surface area contributed by atoms with Crippen molar-refractivity contribution in [1.29, 1.82) is 0 Å². The maximum absolute atomic E-state index is 14.7. The highest BCUT2D eigenvalue weighted by Gasteiger charge is 2.22. The van der Waals surface area contributed by atoms with Crippen molar-refractivity contribution in [1.82, 2.24) is 14.4 Å². The molecule has 0 aliphatic carbocycles. The van der Waals surface area contributed by atoms with Crippen LogP contribution in [0.15, 0.2) is 67.0 Å². The number of nitrogens with zero attached hydrogens (tertiary/aromatic N) is 4. The van der Waals surface area contributed by atoms with E-state index in [0.29, 0.717) is 5.52 Å². The number of aryl methyl sites for hydroxylation is 2. The number of benzene rings is 2. The van der Waals surface area contributed by atoms with E-state index in [4.69, 9.17) is 9.72 Å². The SMILES string of the molecule is Cc1cc(F)c2nc(C)cc(-c3cnc4cc(-c5ccc(N6C[C@@H](C)O[C@@H](C)C6)cc5)ccn34)c2c1. The van der Waals surface area contributed by atoms with E-state index in [1.165, 1.54) is 11.8 Å². The molecule has 3 aromatic heterocycles. The minimum Gasteiger partial charge on any atom is -0.372 e. The van der Waals surface area contributed by atoms with E-state index in [1.807, 2.05) is 38.4 Å². The Morgan fingerprint density at radius 3 is 2.42 bits per heavy atom. The van der Waals surface area contributed by atoms with Gasteiger partial charge in [-0.2, -0.15) is 0 Å². The van der Waals surface area contributed by atoms with Gasteiger partial charge in [0.25, 0.3) is 0 Å². The highest BCUT2D eigenvalue weighted by Crippen LogP contribution is 2.33. The van der Waals surface area contributed by atoms with Crippen molar-refractivity contribution in [2.75, 3.05) is 18.0 Å². The van der Waals surface area contributed by atoms with Crippen molar-refractivity contribution in [2.24, 2.45) is 0 Å². The van der Waals surface area contributed by atoms with Crippen molar-refractivity contribution >= 4 is 22.2 Å². The molecule has 0 saturated carbocycles. The summed E-state index contributed by atoms with van der Waals surface area (Å²) in [6.45, 7) is 9.85. The number of rotatable bonds is 3. The average Bonchev–Trinajstić information content (AvgIpc) is 3.27. The number of hydrogen-bond donors (Lipinski definition) is 0. The van der Waals surface area contributed by atoms with Crippen LogP contribution in [0.4, 0.5) is 10.1 Å². The zero-order valence-corrected chi connectivity index (χ0v) is 21.0. The normalized spacial score (nSPS) is 18.3. The number of imidazole rings is 1. The predicted molar refractivity (Wildman–Crippen MR) is 143 cm³/mol. The van der Waals surface area contributed by atoms with Crippen LogP contribution in [0.1, 0.15) is 25.1 Å². The third kappa shape index (κ3) is 4.01. The number of pyridine rings is 2. The smallest absolute Gasteiger partial charge is 0.149 e. The summed E-state index contributed by atoms with van der Waals surface area (Å²) in [4.78, 5) is 11.5. The summed E-state index contributed by atoms with van der Waals surface area (Å²) in [5.74, 6) is -0.296. The van der Waals surface area contributed by atoms with Crippen LogP contribution in [0.5, 0.6) is 0 Å². The summed E-state index contributed by atoms with van der Waals surface area (Å²) < 4.78 is 22.6. The van der Waals surface area contributed by atoms with Gasteiger partial charge in [-0.3, -0.25) is 9.38 Å². The summed E-state index contributed by atoms with van der Waals surface area (Å²) in [5, 5.41) is 0.798. The van der Waals surface area contributed by atoms with E-state index in [1.54, 1.807) is 0 Å². The molecule has 0 unspecified atom stereocenters. The Balaban J connectivity index is 1.36. The monoisotopic (exact) mass is 480 g/mol. The van der Waals surface area contributed by atoms with Gasteiger partial charge in [0.1, 0.15) is 17.0 Å². The quantitative estimate of drug-likeness (QED) is 0.292. The molecule has 182 valence electrons. The molecule has 0 spiro atoms. The molecule has 6 heteroatoms. The Labute approximate surface area is 210 Å². The largest absolute Gasteiger partial charge is 0.372 e. The van der Waals surface area contributed by atoms with Crippen LogP contribution < -0.4 is 4.90 Å². The van der Waals surface area contributed by atoms with Crippen LogP contribution in [0, 0.1) is 19.7 Å². The molecular weight excluding hydrogens is 451 g/mol. The number of fused-ring (bicyclic) bond motifs is 2. The molecule has 1 aliphatic heterocycles. The Bertz CT molecular complexity index is 1580. The second-order valence-corrected chi connectivity index (χ2v) is 9.95. The van der Waals surface area contributed by atoms with Crippen LogP contribution in [-0.4, -0.2) is 39.7 Å². The lowest BCUT2D eigenvalue weighted by Crippen LogP contribution is -2.45. The van der Waals surface area contributed by atoms with Gasteiger partial charge in [-0.25, -0.2) is 9.37 Å². The first-order valence-corrected chi connectivity index (χ1v) is 12.4. The Morgan fingerprint density at radius 2 is 1.67 bits per heavy atom. The van der Waals surface area contributed by atoms with Crippen LogP contribution in [0.25, 0.3) is 38.9 Å². The molecule has 1 fully saturated rings. The predicted octanol–water partition coefficient (Wildman–Crippen LogP) is 6.59. The second kappa shape index (κ2) is 8.71. The number of ether oxygens (including phenoxy) is 1. The molecule has 1 aliphatic rings. The fraction of sp³-hybridized carbons (Fsp3) is 0.267. The van der Waals surface area contributed by atoms with Crippen molar-refractivity contribution in [2.45, 2.75) is 39.9 Å². The molecule has 36 heavy (non-hydrogen) atoms. The molecular formula is C30H29FN4O. The number of aromatic nitrogens is 3. The summed E-state index contributed by atoms with van der Waals surface area (Å²) >= 11 is 0. The first-order valence-electron chi connectivity index (χ1n) is 12.4. The summed E-state index contributed by atoms with van der Waals surface area (Å²) in [5.41, 5.74) is 8.19. The number of anilines is 1. The maximum atomic E-state index is 14.7. The fourth-order valence-electron chi connectivity index (χ4n) is 5.37. The molecule has 0 radical (unpaired) electrons. The summed E-state index contributed by atoms with van der Waals surface area (Å²) in [6.07, 6.45) is 4.36. The van der Waals surface area contributed by atoms with Crippen LogP contribution in [0.2, 0.25) is 0 Å². The molecule has 4 heterocycles. The van der Waals surface area contributed by atoms with E-state index in [2.05, 4.69) is 64.5 Å². The van der Waals surface area contributed by atoms with E-state index in [9.17, 15) is 4.39 Å². The maximum Gasteiger partial charge on any atom is 0.149 e. The lowest BCUT2D eigenvalue weighted by molar-refractivity contribution is -0.00521. The first kappa shape index (κ1) is 22.7. The molecule has 0 amide bonds. The average molecular weight is 481 g/mol. The van der Waals surface area contributed by atoms with Gasteiger partial charge in [-0.15, -0.1) is 0 Å². The Kier molecular flexibility index (Phi) is 5.49. The zero-order valence-electron chi connectivity index (χ0n) is 21.0. The van der Waals surface area contributed by atoms with Gasteiger partial charge in [0.15, 0.2) is 0 Å². The van der Waals surface area contributed by atoms with Crippen molar-refractivity contribution < 1.29 is 9.13 Å². The standard InChI is InChI=1S/C30H29FN4O/c1-18-11-26-25(13-19(2)33-30(26)27(31)12-18)28-15-32-29-14-23(9-10-35(28)29)22-5-7-24(8-6-22)34-16-20(3)36-21(4)17-34/h5-15,20-21H,16-17H2,1-4H3/t20-,21+. The molecule has 2 atom stereocenters. The van der Waals surface area contributed by atoms with Crippen molar-refractivity contribution in [3.05, 3.63) is 84.1 Å². The summed E-state index contributed by atoms with van der Waals surface area (Å²) in [7, 11) is 0. The van der Waals surface area contributed by atoms with E-state index in [0.717, 1.165) is 57.8 Å². The minimum absolute atomic E-state index is 0.229. The molecule has 0 N–H and O–H groups in total. The van der Waals surface area contributed by atoms with Gasteiger partial charge >= 0.3 is 0 Å². The van der Waals surface area contributed by atoms with Crippen molar-refractivity contribution in [3.63, 3.8) is 0 Å². The van der Waals surface area contributed by atoms with Crippen LogP contribution in [-0.2, 0) is 4.74 Å². The van der Waals surface area contributed by atoms with E-state index >= 15 is 0 Å². The van der Waals surface area contributed by atoms with E-state index in [-0.39, 0.29) is 18.0 Å². The lowest BCUT2D eigenvalue weighted by atomic mass is 10.0. The summed E-state index contributed by atoms with van der Waals surface area (Å²) in [6, 6.07) is 18.4. The first-order chi connectivity index (χ1) is 17.4. The number of hydrogen-bond acceptors (Lipinski definition) is 4. The van der Waals surface area contributed by atoms with Gasteiger partial charge in [0.05, 0.1) is 24.1 Å². The lowest BCUT2D eigenvalue weighted by Gasteiger charge is -2.36.